The summed E-state index contributed by atoms with van der Waals surface area (Å²) in [6, 6.07) is 9.00. The largest absolute Gasteiger partial charge is 0.454 e. The molecular formula is C23H27N3O5S. The van der Waals surface area contributed by atoms with E-state index in [2.05, 4.69) is 14.7 Å². The third-order valence-corrected chi connectivity index (χ3v) is 6.05. The highest BCUT2D eigenvalue weighted by Crippen LogP contribution is 2.27. The number of hydrogen-bond acceptors (Lipinski definition) is 8. The lowest BCUT2D eigenvalue weighted by Gasteiger charge is -2.17. The monoisotopic (exact) mass is 457 g/mol. The van der Waals surface area contributed by atoms with Crippen molar-refractivity contribution in [2.75, 3.05) is 20.3 Å². The molecule has 0 N–H and O–H groups in total. The maximum absolute atomic E-state index is 12.8. The number of hydrogen-bond donors (Lipinski definition) is 0. The Bertz CT molecular complexity index is 1100. The smallest absolute Gasteiger partial charge is 0.339 e. The van der Waals surface area contributed by atoms with Crippen molar-refractivity contribution in [1.82, 2.24) is 14.7 Å². The van der Waals surface area contributed by atoms with Crippen LogP contribution in [0.2, 0.25) is 0 Å². The molecule has 9 heteroatoms. The minimum atomic E-state index is -0.551. The zero-order valence-corrected chi connectivity index (χ0v) is 19.7. The second-order valence-electron chi connectivity index (χ2n) is 7.48. The van der Waals surface area contributed by atoms with Gasteiger partial charge in [-0.25, -0.2) is 4.79 Å². The van der Waals surface area contributed by atoms with Gasteiger partial charge >= 0.3 is 5.97 Å². The van der Waals surface area contributed by atoms with Crippen LogP contribution in [0.15, 0.2) is 39.8 Å². The van der Waals surface area contributed by atoms with Gasteiger partial charge in [0.05, 0.1) is 24.0 Å². The molecule has 0 spiro atoms. The lowest BCUT2D eigenvalue weighted by molar-refractivity contribution is 0.0471. The summed E-state index contributed by atoms with van der Waals surface area (Å²) in [5.74, 6) is 0.667. The molecule has 8 nitrogen and oxygen atoms in total. The Morgan fingerprint density at radius 3 is 2.62 bits per heavy atom. The van der Waals surface area contributed by atoms with Gasteiger partial charge in [0, 0.05) is 29.0 Å². The van der Waals surface area contributed by atoms with Crippen molar-refractivity contribution in [3.8, 4) is 0 Å². The molecule has 1 aromatic carbocycles. The molecular weight excluding hydrogens is 430 g/mol. The number of ketones is 1. The van der Waals surface area contributed by atoms with Crippen LogP contribution in [0.3, 0.4) is 0 Å². The molecule has 0 saturated heterocycles. The summed E-state index contributed by atoms with van der Waals surface area (Å²) in [6.07, 6.45) is 0. The summed E-state index contributed by atoms with van der Waals surface area (Å²) in [6.45, 7) is 7.82. The van der Waals surface area contributed by atoms with Gasteiger partial charge in [-0.3, -0.25) is 4.79 Å². The number of nitrogens with zero attached hydrogens (tertiary/aromatic N) is 3. The number of Topliss-reactive ketones (excluding diaryl/α,β-unsaturated/α-hetero) is 1. The van der Waals surface area contributed by atoms with E-state index in [0.29, 0.717) is 40.1 Å². The number of aromatic nitrogens is 3. The Hall–Kier alpha value is -2.91. The topological polar surface area (TPSA) is 96.5 Å². The van der Waals surface area contributed by atoms with E-state index in [1.807, 2.05) is 39.0 Å². The third kappa shape index (κ3) is 5.46. The molecule has 0 saturated carbocycles. The standard InChI is InChI=1S/C23H27N3O5S/c1-14-10-19(16(3)26(14)15(2)11-29-5)20(27)12-30-23(28)18-8-6-7-9-21(18)32-13-22-24-17(4)25-31-22/h6-10,15H,11-13H2,1-5H3. The van der Waals surface area contributed by atoms with Crippen LogP contribution in [0, 0.1) is 20.8 Å². The van der Waals surface area contributed by atoms with Crippen LogP contribution >= 0.6 is 11.8 Å². The number of carbonyl (C=O) groups excluding carboxylic acids is 2. The third-order valence-electron chi connectivity index (χ3n) is 5.00. The van der Waals surface area contributed by atoms with Gasteiger partial charge in [0.2, 0.25) is 11.7 Å². The van der Waals surface area contributed by atoms with E-state index in [9.17, 15) is 9.59 Å². The predicted molar refractivity (Wildman–Crippen MR) is 120 cm³/mol. The molecule has 0 aliphatic rings. The minimum Gasteiger partial charge on any atom is -0.454 e. The van der Waals surface area contributed by atoms with Gasteiger partial charge in [0.25, 0.3) is 0 Å². The normalized spacial score (nSPS) is 12.0. The quantitative estimate of drug-likeness (QED) is 0.252. The summed E-state index contributed by atoms with van der Waals surface area (Å²) in [5.41, 5.74) is 2.73. The Morgan fingerprint density at radius 2 is 1.94 bits per heavy atom. The number of rotatable bonds is 10. The van der Waals surface area contributed by atoms with Crippen molar-refractivity contribution in [2.24, 2.45) is 0 Å². The molecule has 0 amide bonds. The lowest BCUT2D eigenvalue weighted by Crippen LogP contribution is -2.17. The van der Waals surface area contributed by atoms with Crippen molar-refractivity contribution in [2.45, 2.75) is 44.4 Å². The summed E-state index contributed by atoms with van der Waals surface area (Å²) in [4.78, 5) is 30.4. The van der Waals surface area contributed by atoms with Gasteiger partial charge in [-0.05, 0) is 45.9 Å². The van der Waals surface area contributed by atoms with Crippen LogP contribution in [0.25, 0.3) is 0 Å². The number of aryl methyl sites for hydroxylation is 2. The van der Waals surface area contributed by atoms with Crippen molar-refractivity contribution in [1.29, 1.82) is 0 Å². The van der Waals surface area contributed by atoms with E-state index < -0.39 is 5.97 Å². The molecule has 3 aromatic rings. The van der Waals surface area contributed by atoms with Crippen LogP contribution in [0.1, 0.15) is 56.8 Å². The molecule has 0 radical (unpaired) electrons. The minimum absolute atomic E-state index is 0.0932. The predicted octanol–water partition coefficient (Wildman–Crippen LogP) is 4.34. The van der Waals surface area contributed by atoms with E-state index in [1.54, 1.807) is 26.2 Å². The van der Waals surface area contributed by atoms with E-state index in [4.69, 9.17) is 14.0 Å². The van der Waals surface area contributed by atoms with Crippen LogP contribution in [-0.4, -0.2) is 46.8 Å². The number of esters is 1. The van der Waals surface area contributed by atoms with E-state index >= 15 is 0 Å². The number of ether oxygens (including phenoxy) is 2. The second-order valence-corrected chi connectivity index (χ2v) is 8.50. The number of methoxy groups -OCH3 is 1. The van der Waals surface area contributed by atoms with Gasteiger partial charge in [-0.15, -0.1) is 11.8 Å². The number of thioether (sulfide) groups is 1. The van der Waals surface area contributed by atoms with Crippen molar-refractivity contribution in [3.63, 3.8) is 0 Å². The number of benzene rings is 1. The Labute approximate surface area is 191 Å². The molecule has 170 valence electrons. The fourth-order valence-corrected chi connectivity index (χ4v) is 4.52. The molecule has 3 rings (SSSR count). The van der Waals surface area contributed by atoms with Gasteiger partial charge in [0.1, 0.15) is 0 Å². The van der Waals surface area contributed by atoms with E-state index in [-0.39, 0.29) is 18.4 Å². The van der Waals surface area contributed by atoms with Gasteiger partial charge < -0.3 is 18.6 Å². The molecule has 2 heterocycles. The molecule has 0 aliphatic carbocycles. The highest BCUT2D eigenvalue weighted by Gasteiger charge is 2.21. The number of carbonyl (C=O) groups is 2. The average Bonchev–Trinajstić information content (AvgIpc) is 3.32. The average molecular weight is 458 g/mol. The highest BCUT2D eigenvalue weighted by molar-refractivity contribution is 7.98. The molecule has 0 fully saturated rings. The Morgan fingerprint density at radius 1 is 1.19 bits per heavy atom. The van der Waals surface area contributed by atoms with Crippen molar-refractivity contribution in [3.05, 3.63) is 64.6 Å². The zero-order chi connectivity index (χ0) is 23.3. The van der Waals surface area contributed by atoms with Gasteiger partial charge in [0.15, 0.2) is 12.4 Å². The Kier molecular flexibility index (Phi) is 7.87. The fraction of sp³-hybridized carbons (Fsp3) is 0.391. The lowest BCUT2D eigenvalue weighted by atomic mass is 10.1. The maximum atomic E-state index is 12.8. The molecule has 1 atom stereocenters. The molecule has 1 unspecified atom stereocenters. The Balaban J connectivity index is 1.66. The van der Waals surface area contributed by atoms with Crippen molar-refractivity contribution < 1.29 is 23.6 Å². The summed E-state index contributed by atoms with van der Waals surface area (Å²) >= 11 is 1.39. The molecule has 0 aliphatic heterocycles. The first kappa shape index (κ1) is 23.7. The van der Waals surface area contributed by atoms with E-state index in [1.165, 1.54) is 11.8 Å². The first-order valence-corrected chi connectivity index (χ1v) is 11.2. The van der Waals surface area contributed by atoms with Crippen LogP contribution in [-0.2, 0) is 15.2 Å². The first-order valence-electron chi connectivity index (χ1n) is 10.2. The van der Waals surface area contributed by atoms with Crippen LogP contribution < -0.4 is 0 Å². The molecule has 32 heavy (non-hydrogen) atoms. The molecule has 2 aromatic heterocycles. The highest BCUT2D eigenvalue weighted by atomic mass is 32.2. The zero-order valence-electron chi connectivity index (χ0n) is 18.9. The second kappa shape index (κ2) is 10.6. The van der Waals surface area contributed by atoms with Gasteiger partial charge in [-0.2, -0.15) is 4.98 Å². The van der Waals surface area contributed by atoms with Crippen LogP contribution in [0.4, 0.5) is 0 Å². The van der Waals surface area contributed by atoms with E-state index in [0.717, 1.165) is 11.4 Å². The van der Waals surface area contributed by atoms with Gasteiger partial charge in [-0.1, -0.05) is 17.3 Å². The summed E-state index contributed by atoms with van der Waals surface area (Å²) in [7, 11) is 1.65. The fourth-order valence-electron chi connectivity index (χ4n) is 3.64. The maximum Gasteiger partial charge on any atom is 0.339 e. The SMILES string of the molecule is COCC(C)n1c(C)cc(C(=O)COC(=O)c2ccccc2SCc2nc(C)no2)c1C. The van der Waals surface area contributed by atoms with Crippen molar-refractivity contribution >= 4 is 23.5 Å². The first-order chi connectivity index (χ1) is 15.3. The molecule has 0 bridgehead atoms. The van der Waals surface area contributed by atoms with Crippen LogP contribution in [0.5, 0.6) is 0 Å². The summed E-state index contributed by atoms with van der Waals surface area (Å²) in [5, 5.41) is 3.76. The summed E-state index contributed by atoms with van der Waals surface area (Å²) < 4.78 is 17.8.